The van der Waals surface area contributed by atoms with E-state index in [0.717, 1.165) is 35.4 Å². The SMILES string of the molecule is NCCc1ccc(OCc2noc(C3CC3)n2)c(Br)c1. The molecule has 0 atom stereocenters. The summed E-state index contributed by atoms with van der Waals surface area (Å²) >= 11 is 3.50. The molecule has 0 aliphatic heterocycles. The highest BCUT2D eigenvalue weighted by Crippen LogP contribution is 2.38. The largest absolute Gasteiger partial charge is 0.484 e. The lowest BCUT2D eigenvalue weighted by Crippen LogP contribution is -2.03. The van der Waals surface area contributed by atoms with E-state index in [9.17, 15) is 0 Å². The number of aromatic nitrogens is 2. The van der Waals surface area contributed by atoms with Crippen molar-refractivity contribution in [3.05, 3.63) is 40.0 Å². The highest BCUT2D eigenvalue weighted by Gasteiger charge is 2.29. The van der Waals surface area contributed by atoms with Gasteiger partial charge in [-0.15, -0.1) is 0 Å². The Morgan fingerprint density at radius 1 is 1.40 bits per heavy atom. The predicted octanol–water partition coefficient (Wildman–Crippen LogP) is 2.79. The first-order chi connectivity index (χ1) is 9.76. The molecule has 2 N–H and O–H groups in total. The van der Waals surface area contributed by atoms with E-state index in [2.05, 4.69) is 26.1 Å². The van der Waals surface area contributed by atoms with E-state index < -0.39 is 0 Å². The number of benzene rings is 1. The van der Waals surface area contributed by atoms with Crippen molar-refractivity contribution in [2.24, 2.45) is 5.73 Å². The molecule has 0 unspecified atom stereocenters. The number of halogens is 1. The Labute approximate surface area is 125 Å². The van der Waals surface area contributed by atoms with Crippen LogP contribution in [0.2, 0.25) is 0 Å². The number of hydrogen-bond donors (Lipinski definition) is 1. The van der Waals surface area contributed by atoms with Crippen LogP contribution in [0.3, 0.4) is 0 Å². The van der Waals surface area contributed by atoms with Crippen LogP contribution < -0.4 is 10.5 Å². The van der Waals surface area contributed by atoms with E-state index in [-0.39, 0.29) is 0 Å². The van der Waals surface area contributed by atoms with E-state index in [1.807, 2.05) is 18.2 Å². The lowest BCUT2D eigenvalue weighted by molar-refractivity contribution is 0.283. The lowest BCUT2D eigenvalue weighted by atomic mass is 10.1. The minimum atomic E-state index is 0.311. The van der Waals surface area contributed by atoms with Gasteiger partial charge < -0.3 is 15.0 Å². The van der Waals surface area contributed by atoms with Crippen molar-refractivity contribution in [3.63, 3.8) is 0 Å². The fraction of sp³-hybridized carbons (Fsp3) is 0.429. The van der Waals surface area contributed by atoms with Crippen LogP contribution in [-0.4, -0.2) is 16.7 Å². The molecule has 2 aromatic rings. The summed E-state index contributed by atoms with van der Waals surface area (Å²) in [5, 5.41) is 3.93. The van der Waals surface area contributed by atoms with Gasteiger partial charge in [0.05, 0.1) is 4.47 Å². The van der Waals surface area contributed by atoms with Crippen molar-refractivity contribution in [3.8, 4) is 5.75 Å². The Morgan fingerprint density at radius 2 is 2.25 bits per heavy atom. The molecule has 1 saturated carbocycles. The van der Waals surface area contributed by atoms with Crippen LogP contribution in [0.15, 0.2) is 27.2 Å². The smallest absolute Gasteiger partial charge is 0.229 e. The summed E-state index contributed by atoms with van der Waals surface area (Å²) in [6, 6.07) is 5.96. The number of nitrogens with zero attached hydrogens (tertiary/aromatic N) is 2. The Morgan fingerprint density at radius 3 is 2.95 bits per heavy atom. The fourth-order valence-corrected chi connectivity index (χ4v) is 2.49. The molecule has 0 spiro atoms. The van der Waals surface area contributed by atoms with Gasteiger partial charge in [-0.2, -0.15) is 4.98 Å². The van der Waals surface area contributed by atoms with E-state index >= 15 is 0 Å². The van der Waals surface area contributed by atoms with Crippen LogP contribution in [0.5, 0.6) is 5.75 Å². The Balaban J connectivity index is 1.61. The Hall–Kier alpha value is -1.40. The summed E-state index contributed by atoms with van der Waals surface area (Å²) in [5.74, 6) is 2.56. The molecule has 0 amide bonds. The molecular formula is C14H16BrN3O2. The number of ether oxygens (including phenoxy) is 1. The van der Waals surface area contributed by atoms with E-state index in [4.69, 9.17) is 15.0 Å². The molecule has 0 radical (unpaired) electrons. The molecule has 1 aliphatic rings. The van der Waals surface area contributed by atoms with Crippen molar-refractivity contribution in [1.82, 2.24) is 10.1 Å². The first kappa shape index (κ1) is 13.6. The second-order valence-corrected chi connectivity index (χ2v) is 5.77. The average molecular weight is 338 g/mol. The maximum Gasteiger partial charge on any atom is 0.229 e. The fourth-order valence-electron chi connectivity index (χ4n) is 1.95. The van der Waals surface area contributed by atoms with Gasteiger partial charge in [0.1, 0.15) is 5.75 Å². The molecule has 5 nitrogen and oxygen atoms in total. The second kappa shape index (κ2) is 5.93. The molecule has 1 aromatic heterocycles. The minimum absolute atomic E-state index is 0.311. The highest BCUT2D eigenvalue weighted by molar-refractivity contribution is 9.10. The Kier molecular flexibility index (Phi) is 4.03. The zero-order valence-electron chi connectivity index (χ0n) is 11.0. The molecule has 0 saturated heterocycles. The molecular weight excluding hydrogens is 322 g/mol. The van der Waals surface area contributed by atoms with Crippen LogP contribution >= 0.6 is 15.9 Å². The summed E-state index contributed by atoms with van der Waals surface area (Å²) in [4.78, 5) is 4.33. The van der Waals surface area contributed by atoms with Gasteiger partial charge in [-0.05, 0) is 59.4 Å². The molecule has 0 bridgehead atoms. The first-order valence-corrected chi connectivity index (χ1v) is 7.49. The zero-order chi connectivity index (χ0) is 13.9. The van der Waals surface area contributed by atoms with Crippen molar-refractivity contribution in [2.75, 3.05) is 6.54 Å². The molecule has 1 aliphatic carbocycles. The monoisotopic (exact) mass is 337 g/mol. The Bertz CT molecular complexity index is 596. The van der Waals surface area contributed by atoms with Crippen LogP contribution in [0, 0.1) is 0 Å². The molecule has 106 valence electrons. The molecule has 3 rings (SSSR count). The maximum atomic E-state index is 5.71. The molecule has 20 heavy (non-hydrogen) atoms. The number of hydrogen-bond acceptors (Lipinski definition) is 5. The van der Waals surface area contributed by atoms with Crippen molar-refractivity contribution in [1.29, 1.82) is 0 Å². The van der Waals surface area contributed by atoms with Gasteiger partial charge in [0, 0.05) is 5.92 Å². The third kappa shape index (κ3) is 3.19. The third-order valence-corrected chi connectivity index (χ3v) is 3.82. The summed E-state index contributed by atoms with van der Waals surface area (Å²) < 4.78 is 11.8. The highest BCUT2D eigenvalue weighted by atomic mass is 79.9. The normalized spacial score (nSPS) is 14.5. The van der Waals surface area contributed by atoms with Crippen molar-refractivity contribution < 1.29 is 9.26 Å². The summed E-state index contributed by atoms with van der Waals surface area (Å²) in [7, 11) is 0. The van der Waals surface area contributed by atoms with Gasteiger partial charge in [-0.1, -0.05) is 11.2 Å². The van der Waals surface area contributed by atoms with Gasteiger partial charge in [-0.25, -0.2) is 0 Å². The molecule has 1 aromatic carbocycles. The summed E-state index contributed by atoms with van der Waals surface area (Å²) in [6.45, 7) is 0.949. The van der Waals surface area contributed by atoms with Crippen molar-refractivity contribution in [2.45, 2.75) is 31.8 Å². The van der Waals surface area contributed by atoms with Gasteiger partial charge in [-0.3, -0.25) is 0 Å². The minimum Gasteiger partial charge on any atom is -0.484 e. The second-order valence-electron chi connectivity index (χ2n) is 4.92. The van der Waals surface area contributed by atoms with Crippen molar-refractivity contribution >= 4 is 15.9 Å². The number of nitrogens with two attached hydrogens (primary N) is 1. The summed E-state index contributed by atoms with van der Waals surface area (Å²) in [6.07, 6.45) is 3.15. The van der Waals surface area contributed by atoms with Crippen LogP contribution in [0.25, 0.3) is 0 Å². The standard InChI is InChI=1S/C14H16BrN3O2/c15-11-7-9(5-6-16)1-4-12(11)19-8-13-17-14(20-18-13)10-2-3-10/h1,4,7,10H,2-3,5-6,8,16H2. The predicted molar refractivity (Wildman–Crippen MR) is 77.5 cm³/mol. The third-order valence-electron chi connectivity index (χ3n) is 3.20. The summed E-state index contributed by atoms with van der Waals surface area (Å²) in [5.41, 5.74) is 6.72. The lowest BCUT2D eigenvalue weighted by Gasteiger charge is -2.07. The maximum absolute atomic E-state index is 5.71. The average Bonchev–Trinajstić information content (AvgIpc) is 3.18. The van der Waals surface area contributed by atoms with Crippen LogP contribution in [0.4, 0.5) is 0 Å². The quantitative estimate of drug-likeness (QED) is 0.877. The van der Waals surface area contributed by atoms with Gasteiger partial charge in [0.25, 0.3) is 0 Å². The number of rotatable bonds is 6. The topological polar surface area (TPSA) is 74.2 Å². The van der Waals surface area contributed by atoms with Gasteiger partial charge in [0.2, 0.25) is 11.7 Å². The molecule has 6 heteroatoms. The van der Waals surface area contributed by atoms with E-state index in [1.54, 1.807) is 0 Å². The molecule has 1 heterocycles. The van der Waals surface area contributed by atoms with E-state index in [1.165, 1.54) is 5.56 Å². The molecule has 1 fully saturated rings. The zero-order valence-corrected chi connectivity index (χ0v) is 12.6. The van der Waals surface area contributed by atoms with Gasteiger partial charge in [0.15, 0.2) is 6.61 Å². The van der Waals surface area contributed by atoms with Gasteiger partial charge >= 0.3 is 0 Å². The van der Waals surface area contributed by atoms with E-state index in [0.29, 0.717) is 24.9 Å². The first-order valence-electron chi connectivity index (χ1n) is 6.70. The van der Waals surface area contributed by atoms with Crippen LogP contribution in [0.1, 0.15) is 36.0 Å². The van der Waals surface area contributed by atoms with Crippen LogP contribution in [-0.2, 0) is 13.0 Å².